The molecule has 4 nitrogen and oxygen atoms in total. The number of hydrogen-bond acceptors (Lipinski definition) is 4. The fourth-order valence-electron chi connectivity index (χ4n) is 3.69. The fraction of sp³-hybridized carbons (Fsp3) is 0.312. The normalized spacial score (nSPS) is 13.3. The van der Waals surface area contributed by atoms with Crippen molar-refractivity contribution in [3.8, 4) is 0 Å². The van der Waals surface area contributed by atoms with E-state index < -0.39 is 18.2 Å². The maximum atomic E-state index is 12.7. The molecule has 3 rings (SSSR count). The van der Waals surface area contributed by atoms with Crippen molar-refractivity contribution >= 4 is 23.7 Å². The third-order valence-electron chi connectivity index (χ3n) is 6.98. The maximum absolute atomic E-state index is 12.7. The molecule has 0 aromatic heterocycles. The third kappa shape index (κ3) is 8.55. The number of rotatable bonds is 12. The summed E-state index contributed by atoms with van der Waals surface area (Å²) in [5.74, 6) is 0. The van der Waals surface area contributed by atoms with Gasteiger partial charge in [-0.05, 0) is 65.9 Å². The molecule has 6 heteroatoms. The molecule has 0 aliphatic heterocycles. The van der Waals surface area contributed by atoms with Crippen LogP contribution >= 0.6 is 0 Å². The molecular formula is C32H40O4SSi. The number of benzene rings is 3. The standard InChI is InChI=1S/C32H40O4SSi/c1-32(2,3)38(4,5)36-23-15-20-29(35-24-25-37(33,34)30-21-13-8-14-22-30)26-31(27-16-9-6-10-17-27)28-18-11-7-12-19-28/h6-14,16-19,21-22,24-26,29H,15,20,23H2,1-5H3/b25-24-. The van der Waals surface area contributed by atoms with Crippen LogP contribution in [0.4, 0.5) is 0 Å². The number of sulfone groups is 1. The first kappa shape index (κ1) is 29.6. The van der Waals surface area contributed by atoms with Crippen molar-refractivity contribution < 1.29 is 17.6 Å². The molecule has 0 saturated heterocycles. The minimum atomic E-state index is -3.60. The van der Waals surface area contributed by atoms with Gasteiger partial charge in [0.2, 0.25) is 9.84 Å². The summed E-state index contributed by atoms with van der Waals surface area (Å²) in [7, 11) is -5.45. The van der Waals surface area contributed by atoms with E-state index in [-0.39, 0.29) is 16.0 Å². The molecule has 0 aliphatic carbocycles. The Balaban J connectivity index is 1.85. The van der Waals surface area contributed by atoms with Gasteiger partial charge in [0.1, 0.15) is 6.10 Å². The molecule has 1 unspecified atom stereocenters. The molecule has 38 heavy (non-hydrogen) atoms. The van der Waals surface area contributed by atoms with Crippen LogP contribution in [0.2, 0.25) is 18.1 Å². The predicted molar refractivity (Wildman–Crippen MR) is 160 cm³/mol. The van der Waals surface area contributed by atoms with Gasteiger partial charge in [0.05, 0.1) is 16.6 Å². The van der Waals surface area contributed by atoms with Crippen LogP contribution in [0.15, 0.2) is 114 Å². The highest BCUT2D eigenvalue weighted by molar-refractivity contribution is 7.94. The van der Waals surface area contributed by atoms with Crippen molar-refractivity contribution in [2.24, 2.45) is 0 Å². The Kier molecular flexibility index (Phi) is 10.3. The molecule has 0 heterocycles. The van der Waals surface area contributed by atoms with Gasteiger partial charge in [0, 0.05) is 6.61 Å². The van der Waals surface area contributed by atoms with E-state index in [9.17, 15) is 8.42 Å². The Labute approximate surface area is 230 Å². The van der Waals surface area contributed by atoms with Gasteiger partial charge in [-0.15, -0.1) is 0 Å². The first-order chi connectivity index (χ1) is 18.0. The van der Waals surface area contributed by atoms with Gasteiger partial charge >= 0.3 is 0 Å². The van der Waals surface area contributed by atoms with Gasteiger partial charge < -0.3 is 9.16 Å². The molecule has 202 valence electrons. The monoisotopic (exact) mass is 548 g/mol. The molecule has 0 spiro atoms. The fourth-order valence-corrected chi connectivity index (χ4v) is 5.69. The summed E-state index contributed by atoms with van der Waals surface area (Å²) in [6.45, 7) is 11.8. The van der Waals surface area contributed by atoms with Gasteiger partial charge in [0.15, 0.2) is 8.32 Å². The Morgan fingerprint density at radius 3 is 1.84 bits per heavy atom. The van der Waals surface area contributed by atoms with Crippen molar-refractivity contribution in [2.75, 3.05) is 6.61 Å². The lowest BCUT2D eigenvalue weighted by atomic mass is 9.95. The van der Waals surface area contributed by atoms with Gasteiger partial charge in [0.25, 0.3) is 0 Å². The predicted octanol–water partition coefficient (Wildman–Crippen LogP) is 8.25. The van der Waals surface area contributed by atoms with E-state index >= 15 is 0 Å². The summed E-state index contributed by atoms with van der Waals surface area (Å²) in [5, 5.41) is 1.28. The Morgan fingerprint density at radius 1 is 0.842 bits per heavy atom. The van der Waals surface area contributed by atoms with E-state index in [1.807, 2.05) is 36.4 Å². The molecule has 3 aromatic carbocycles. The zero-order valence-corrected chi connectivity index (χ0v) is 24.9. The lowest BCUT2D eigenvalue weighted by Crippen LogP contribution is -2.41. The van der Waals surface area contributed by atoms with E-state index in [1.54, 1.807) is 30.3 Å². The van der Waals surface area contributed by atoms with Crippen molar-refractivity contribution in [1.82, 2.24) is 0 Å². The molecule has 0 amide bonds. The molecule has 1 atom stereocenters. The maximum Gasteiger partial charge on any atom is 0.202 e. The second kappa shape index (κ2) is 13.2. The molecular weight excluding hydrogens is 509 g/mol. The van der Waals surface area contributed by atoms with Crippen LogP contribution in [0.5, 0.6) is 0 Å². The highest BCUT2D eigenvalue weighted by Crippen LogP contribution is 2.36. The smallest absolute Gasteiger partial charge is 0.202 e. The van der Waals surface area contributed by atoms with E-state index in [1.165, 1.54) is 6.26 Å². The van der Waals surface area contributed by atoms with Crippen LogP contribution in [0.1, 0.15) is 44.7 Å². The Morgan fingerprint density at radius 2 is 1.34 bits per heavy atom. The van der Waals surface area contributed by atoms with E-state index in [0.29, 0.717) is 13.0 Å². The van der Waals surface area contributed by atoms with E-state index in [0.717, 1.165) is 28.5 Å². The second-order valence-corrected chi connectivity index (χ2v) is 17.5. The second-order valence-electron chi connectivity index (χ2n) is 10.9. The lowest BCUT2D eigenvalue weighted by Gasteiger charge is -2.36. The first-order valence-electron chi connectivity index (χ1n) is 13.1. The molecule has 3 aromatic rings. The summed E-state index contributed by atoms with van der Waals surface area (Å²) < 4.78 is 38.0. The van der Waals surface area contributed by atoms with Crippen molar-refractivity contribution in [2.45, 2.75) is 62.7 Å². The van der Waals surface area contributed by atoms with Crippen molar-refractivity contribution in [3.63, 3.8) is 0 Å². The van der Waals surface area contributed by atoms with Gasteiger partial charge in [-0.2, -0.15) is 0 Å². The molecule has 0 fully saturated rings. The summed E-state index contributed by atoms with van der Waals surface area (Å²) in [4.78, 5) is 0.240. The SMILES string of the molecule is CC(C)(C)[Si](C)(C)OCCCC(C=C(c1ccccc1)c1ccccc1)O/C=C\S(=O)(=O)c1ccccc1. The summed E-state index contributed by atoms with van der Waals surface area (Å²) in [5.41, 5.74) is 3.19. The molecule has 0 saturated carbocycles. The third-order valence-corrected chi connectivity index (χ3v) is 12.9. The Hall–Kier alpha value is -2.93. The zero-order chi connectivity index (χ0) is 27.7. The minimum absolute atomic E-state index is 0.144. The average Bonchev–Trinajstić information content (AvgIpc) is 2.90. The topological polar surface area (TPSA) is 52.6 Å². The summed E-state index contributed by atoms with van der Waals surface area (Å²) in [6, 6.07) is 28.7. The van der Waals surface area contributed by atoms with Crippen LogP contribution in [0, 0.1) is 0 Å². The summed E-state index contributed by atoms with van der Waals surface area (Å²) in [6.07, 6.45) is 4.55. The van der Waals surface area contributed by atoms with E-state index in [2.05, 4.69) is 64.2 Å². The largest absolute Gasteiger partial charge is 0.493 e. The average molecular weight is 549 g/mol. The van der Waals surface area contributed by atoms with Crippen LogP contribution < -0.4 is 0 Å². The zero-order valence-electron chi connectivity index (χ0n) is 23.1. The molecule has 0 radical (unpaired) electrons. The Bertz CT molecular complexity index is 1250. The number of hydrogen-bond donors (Lipinski definition) is 0. The van der Waals surface area contributed by atoms with Gasteiger partial charge in [-0.25, -0.2) is 8.42 Å². The van der Waals surface area contributed by atoms with Crippen LogP contribution in [-0.2, 0) is 19.0 Å². The highest BCUT2D eigenvalue weighted by Gasteiger charge is 2.36. The van der Waals surface area contributed by atoms with Gasteiger partial charge in [-0.3, -0.25) is 0 Å². The molecule has 0 N–H and O–H groups in total. The highest BCUT2D eigenvalue weighted by atomic mass is 32.2. The quantitative estimate of drug-likeness (QED) is 0.130. The lowest BCUT2D eigenvalue weighted by molar-refractivity contribution is 0.164. The molecule has 0 aliphatic rings. The first-order valence-corrected chi connectivity index (χ1v) is 17.5. The minimum Gasteiger partial charge on any atom is -0.493 e. The van der Waals surface area contributed by atoms with Crippen molar-refractivity contribution in [1.29, 1.82) is 0 Å². The van der Waals surface area contributed by atoms with Crippen LogP contribution in [-0.4, -0.2) is 29.4 Å². The van der Waals surface area contributed by atoms with E-state index in [4.69, 9.17) is 9.16 Å². The van der Waals surface area contributed by atoms with Crippen LogP contribution in [0.25, 0.3) is 5.57 Å². The molecule has 0 bridgehead atoms. The van der Waals surface area contributed by atoms with Crippen LogP contribution in [0.3, 0.4) is 0 Å². The van der Waals surface area contributed by atoms with Crippen molar-refractivity contribution in [3.05, 3.63) is 120 Å². The van der Waals surface area contributed by atoms with Gasteiger partial charge in [-0.1, -0.05) is 99.6 Å². The number of ether oxygens (including phenoxy) is 1. The summed E-state index contributed by atoms with van der Waals surface area (Å²) >= 11 is 0.